The first-order valence-electron chi connectivity index (χ1n) is 5.09. The van der Waals surface area contributed by atoms with Crippen LogP contribution in [0.3, 0.4) is 0 Å². The SMILES string of the molecule is COCCNC(=O)Nc1cccc(CN)c1. The Labute approximate surface area is 95.0 Å². The number of carbonyl (C=O) groups excluding carboxylic acids is 1. The molecule has 0 spiro atoms. The van der Waals surface area contributed by atoms with E-state index in [9.17, 15) is 4.79 Å². The van der Waals surface area contributed by atoms with Gasteiger partial charge in [0.2, 0.25) is 0 Å². The quantitative estimate of drug-likeness (QED) is 0.649. The number of hydrogen-bond donors (Lipinski definition) is 3. The fourth-order valence-corrected chi connectivity index (χ4v) is 1.22. The Morgan fingerprint density at radius 1 is 1.50 bits per heavy atom. The highest BCUT2D eigenvalue weighted by atomic mass is 16.5. The monoisotopic (exact) mass is 223 g/mol. The van der Waals surface area contributed by atoms with Gasteiger partial charge in [0.15, 0.2) is 0 Å². The second-order valence-electron chi connectivity index (χ2n) is 3.28. The highest BCUT2D eigenvalue weighted by Gasteiger charge is 2.00. The molecule has 2 amide bonds. The van der Waals surface area contributed by atoms with E-state index in [-0.39, 0.29) is 6.03 Å². The molecule has 1 rings (SSSR count). The van der Waals surface area contributed by atoms with Gasteiger partial charge in [0, 0.05) is 25.9 Å². The van der Waals surface area contributed by atoms with Gasteiger partial charge in [-0.05, 0) is 17.7 Å². The third-order valence-corrected chi connectivity index (χ3v) is 2.01. The molecule has 0 saturated carbocycles. The molecule has 0 aliphatic carbocycles. The lowest BCUT2D eigenvalue weighted by molar-refractivity contribution is 0.198. The van der Waals surface area contributed by atoms with Gasteiger partial charge in [-0.2, -0.15) is 0 Å². The summed E-state index contributed by atoms with van der Waals surface area (Å²) in [5.41, 5.74) is 7.22. The summed E-state index contributed by atoms with van der Waals surface area (Å²) in [7, 11) is 1.59. The van der Waals surface area contributed by atoms with Crippen LogP contribution in [0.4, 0.5) is 10.5 Å². The molecular weight excluding hydrogens is 206 g/mol. The molecule has 0 aromatic heterocycles. The average Bonchev–Trinajstić information content (AvgIpc) is 2.29. The van der Waals surface area contributed by atoms with Crippen molar-refractivity contribution in [3.8, 4) is 0 Å². The molecule has 0 unspecified atom stereocenters. The van der Waals surface area contributed by atoms with Crippen molar-refractivity contribution in [2.24, 2.45) is 5.73 Å². The zero-order valence-electron chi connectivity index (χ0n) is 9.32. The van der Waals surface area contributed by atoms with Gasteiger partial charge in [0.25, 0.3) is 0 Å². The molecular formula is C11H17N3O2. The standard InChI is InChI=1S/C11H17N3O2/c1-16-6-5-13-11(15)14-10-4-2-3-9(7-10)8-12/h2-4,7H,5-6,8,12H2,1H3,(H2,13,14,15). The Bertz CT molecular complexity index is 342. The van der Waals surface area contributed by atoms with Crippen LogP contribution < -0.4 is 16.4 Å². The second-order valence-corrected chi connectivity index (χ2v) is 3.28. The fraction of sp³-hybridized carbons (Fsp3) is 0.364. The fourth-order valence-electron chi connectivity index (χ4n) is 1.22. The van der Waals surface area contributed by atoms with Crippen molar-refractivity contribution in [1.82, 2.24) is 5.32 Å². The van der Waals surface area contributed by atoms with E-state index in [1.165, 1.54) is 0 Å². The largest absolute Gasteiger partial charge is 0.383 e. The minimum atomic E-state index is -0.244. The molecule has 5 nitrogen and oxygen atoms in total. The Morgan fingerprint density at radius 2 is 2.31 bits per heavy atom. The predicted molar refractivity (Wildman–Crippen MR) is 63.2 cm³/mol. The van der Waals surface area contributed by atoms with Crippen LogP contribution in [0.2, 0.25) is 0 Å². The molecule has 0 heterocycles. The van der Waals surface area contributed by atoms with Crippen LogP contribution >= 0.6 is 0 Å². The summed E-state index contributed by atoms with van der Waals surface area (Å²) in [6, 6.07) is 7.18. The highest BCUT2D eigenvalue weighted by molar-refractivity contribution is 5.89. The molecule has 0 fully saturated rings. The number of urea groups is 1. The first-order chi connectivity index (χ1) is 7.76. The van der Waals surface area contributed by atoms with Crippen molar-refractivity contribution in [3.05, 3.63) is 29.8 Å². The van der Waals surface area contributed by atoms with Crippen LogP contribution in [0.1, 0.15) is 5.56 Å². The molecule has 0 aliphatic rings. The first-order valence-corrected chi connectivity index (χ1v) is 5.09. The summed E-state index contributed by atoms with van der Waals surface area (Å²) >= 11 is 0. The van der Waals surface area contributed by atoms with Gasteiger partial charge in [-0.3, -0.25) is 0 Å². The summed E-state index contributed by atoms with van der Waals surface area (Å²) in [4.78, 5) is 11.4. The van der Waals surface area contributed by atoms with Crippen LogP contribution in [0.15, 0.2) is 24.3 Å². The minimum absolute atomic E-state index is 0.244. The molecule has 0 atom stereocenters. The van der Waals surface area contributed by atoms with Crippen molar-refractivity contribution >= 4 is 11.7 Å². The second kappa shape index (κ2) is 6.81. The number of nitrogens with two attached hydrogens (primary N) is 1. The number of methoxy groups -OCH3 is 1. The molecule has 1 aromatic carbocycles. The molecule has 0 radical (unpaired) electrons. The van der Waals surface area contributed by atoms with E-state index in [0.717, 1.165) is 11.3 Å². The smallest absolute Gasteiger partial charge is 0.319 e. The molecule has 4 N–H and O–H groups in total. The van der Waals surface area contributed by atoms with Gasteiger partial charge in [0.1, 0.15) is 0 Å². The zero-order chi connectivity index (χ0) is 11.8. The number of ether oxygens (including phenoxy) is 1. The Balaban J connectivity index is 2.43. The lowest BCUT2D eigenvalue weighted by atomic mass is 10.2. The van der Waals surface area contributed by atoms with E-state index < -0.39 is 0 Å². The van der Waals surface area contributed by atoms with Crippen LogP contribution in [0.5, 0.6) is 0 Å². The third kappa shape index (κ3) is 4.29. The summed E-state index contributed by atoms with van der Waals surface area (Å²) in [5, 5.41) is 5.38. The van der Waals surface area contributed by atoms with E-state index >= 15 is 0 Å². The maximum absolute atomic E-state index is 11.4. The van der Waals surface area contributed by atoms with Crippen LogP contribution in [-0.2, 0) is 11.3 Å². The molecule has 1 aromatic rings. The van der Waals surface area contributed by atoms with Crippen molar-refractivity contribution in [3.63, 3.8) is 0 Å². The van der Waals surface area contributed by atoms with Crippen molar-refractivity contribution in [1.29, 1.82) is 0 Å². The van der Waals surface area contributed by atoms with E-state index in [2.05, 4.69) is 10.6 Å². The normalized spacial score (nSPS) is 9.88. The Kier molecular flexibility index (Phi) is 5.31. The summed E-state index contributed by atoms with van der Waals surface area (Å²) in [5.74, 6) is 0. The van der Waals surface area contributed by atoms with Gasteiger partial charge >= 0.3 is 6.03 Å². The first kappa shape index (κ1) is 12.5. The lowest BCUT2D eigenvalue weighted by Crippen LogP contribution is -2.31. The van der Waals surface area contributed by atoms with Gasteiger partial charge in [-0.15, -0.1) is 0 Å². The number of nitrogens with one attached hydrogen (secondary N) is 2. The van der Waals surface area contributed by atoms with Gasteiger partial charge in [-0.25, -0.2) is 4.79 Å². The van der Waals surface area contributed by atoms with Gasteiger partial charge in [0.05, 0.1) is 6.61 Å². The molecule has 0 aliphatic heterocycles. The maximum Gasteiger partial charge on any atom is 0.319 e. The van der Waals surface area contributed by atoms with E-state index in [0.29, 0.717) is 19.7 Å². The molecule has 0 bridgehead atoms. The van der Waals surface area contributed by atoms with Crippen LogP contribution in [0, 0.1) is 0 Å². The molecule has 16 heavy (non-hydrogen) atoms. The number of anilines is 1. The topological polar surface area (TPSA) is 76.4 Å². The highest BCUT2D eigenvalue weighted by Crippen LogP contribution is 2.09. The number of carbonyl (C=O) groups is 1. The number of benzene rings is 1. The van der Waals surface area contributed by atoms with E-state index in [4.69, 9.17) is 10.5 Å². The maximum atomic E-state index is 11.4. The van der Waals surface area contributed by atoms with Crippen LogP contribution in [0.25, 0.3) is 0 Å². The molecule has 0 saturated heterocycles. The number of amides is 2. The zero-order valence-corrected chi connectivity index (χ0v) is 9.32. The molecule has 5 heteroatoms. The summed E-state index contributed by atoms with van der Waals surface area (Å²) in [6.45, 7) is 1.44. The van der Waals surface area contributed by atoms with Gasteiger partial charge in [-0.1, -0.05) is 12.1 Å². The van der Waals surface area contributed by atoms with Crippen LogP contribution in [-0.4, -0.2) is 26.3 Å². The molecule has 88 valence electrons. The van der Waals surface area contributed by atoms with E-state index in [1.807, 2.05) is 24.3 Å². The average molecular weight is 223 g/mol. The third-order valence-electron chi connectivity index (χ3n) is 2.01. The number of rotatable bonds is 5. The number of hydrogen-bond acceptors (Lipinski definition) is 3. The minimum Gasteiger partial charge on any atom is -0.383 e. The Morgan fingerprint density at radius 3 is 3.00 bits per heavy atom. The van der Waals surface area contributed by atoms with Gasteiger partial charge < -0.3 is 21.1 Å². The van der Waals surface area contributed by atoms with Crippen molar-refractivity contribution in [2.45, 2.75) is 6.54 Å². The van der Waals surface area contributed by atoms with Crippen molar-refractivity contribution < 1.29 is 9.53 Å². The summed E-state index contributed by atoms with van der Waals surface area (Å²) in [6.07, 6.45) is 0. The lowest BCUT2D eigenvalue weighted by Gasteiger charge is -2.08. The summed E-state index contributed by atoms with van der Waals surface area (Å²) < 4.78 is 4.82. The van der Waals surface area contributed by atoms with E-state index in [1.54, 1.807) is 7.11 Å². The van der Waals surface area contributed by atoms with Crippen molar-refractivity contribution in [2.75, 3.05) is 25.6 Å². The predicted octanol–water partition coefficient (Wildman–Crippen LogP) is 0.913. The Hall–Kier alpha value is -1.59.